The highest BCUT2D eigenvalue weighted by Gasteiger charge is 2.40. The first kappa shape index (κ1) is 16.4. The van der Waals surface area contributed by atoms with Crippen LogP contribution in [0, 0.1) is 17.8 Å². The van der Waals surface area contributed by atoms with Crippen LogP contribution in [-0.2, 0) is 11.3 Å². The van der Waals surface area contributed by atoms with Crippen molar-refractivity contribution in [3.8, 4) is 0 Å². The molecule has 1 heterocycles. The molecule has 0 radical (unpaired) electrons. The van der Waals surface area contributed by atoms with Gasteiger partial charge in [-0.1, -0.05) is 36.2 Å². The number of halogens is 1. The molecular weight excluding hydrogens is 320 g/mol. The highest BCUT2D eigenvalue weighted by atomic mass is 35.5. The number of nitrogens with zero attached hydrogens (tertiary/aromatic N) is 1. The van der Waals surface area contributed by atoms with Crippen LogP contribution in [0.2, 0.25) is 5.02 Å². The van der Waals surface area contributed by atoms with Gasteiger partial charge < -0.3 is 5.32 Å². The number of benzene rings is 1. The van der Waals surface area contributed by atoms with Gasteiger partial charge in [0.2, 0.25) is 5.91 Å². The molecule has 130 valence electrons. The Morgan fingerprint density at radius 1 is 1.12 bits per heavy atom. The second kappa shape index (κ2) is 7.05. The maximum Gasteiger partial charge on any atom is 0.223 e. The number of hydrogen-bond donors (Lipinski definition) is 1. The van der Waals surface area contributed by atoms with E-state index in [9.17, 15) is 4.79 Å². The van der Waals surface area contributed by atoms with Gasteiger partial charge in [-0.2, -0.15) is 0 Å². The molecule has 2 saturated carbocycles. The summed E-state index contributed by atoms with van der Waals surface area (Å²) >= 11 is 6.26. The Kier molecular flexibility index (Phi) is 4.82. The average Bonchev–Trinajstić information content (AvgIpc) is 3.20. The minimum atomic E-state index is 0.201. The largest absolute Gasteiger partial charge is 0.353 e. The summed E-state index contributed by atoms with van der Waals surface area (Å²) in [5.74, 6) is 2.16. The lowest BCUT2D eigenvalue weighted by Gasteiger charge is -2.33. The van der Waals surface area contributed by atoms with Crippen LogP contribution in [0.4, 0.5) is 0 Å². The van der Waals surface area contributed by atoms with Gasteiger partial charge in [-0.25, -0.2) is 0 Å². The van der Waals surface area contributed by atoms with Crippen molar-refractivity contribution in [3.05, 3.63) is 34.9 Å². The van der Waals surface area contributed by atoms with Crippen LogP contribution in [0.3, 0.4) is 0 Å². The molecule has 1 aromatic rings. The minimum Gasteiger partial charge on any atom is -0.353 e. The fourth-order valence-electron chi connectivity index (χ4n) is 4.94. The lowest BCUT2D eigenvalue weighted by atomic mass is 9.92. The van der Waals surface area contributed by atoms with Crippen LogP contribution in [0.5, 0.6) is 0 Å². The van der Waals surface area contributed by atoms with Crippen LogP contribution in [0.25, 0.3) is 0 Å². The van der Waals surface area contributed by atoms with E-state index in [4.69, 9.17) is 11.6 Å². The van der Waals surface area contributed by atoms with E-state index in [-0.39, 0.29) is 5.92 Å². The van der Waals surface area contributed by atoms with Crippen molar-refractivity contribution < 1.29 is 4.79 Å². The molecule has 4 rings (SSSR count). The number of likely N-dealkylation sites (tertiary alicyclic amines) is 1. The standard InChI is InChI=1S/C20H27ClN2O/c21-18-4-2-1-3-17(18)13-23-9-7-15(8-10-23)20(24)22-19-12-14-5-6-16(19)11-14/h1-4,14-16,19H,5-13H2,(H,22,24)/t14-,16+,19-/m0/s1. The third-order valence-electron chi connectivity index (χ3n) is 6.38. The normalized spacial score (nSPS) is 30.6. The number of fused-ring (bicyclic) bond motifs is 2. The van der Waals surface area contributed by atoms with Gasteiger partial charge in [-0.3, -0.25) is 9.69 Å². The Bertz CT molecular complexity index is 597. The zero-order chi connectivity index (χ0) is 16.5. The topological polar surface area (TPSA) is 32.3 Å². The summed E-state index contributed by atoms with van der Waals surface area (Å²) in [6, 6.07) is 8.52. The van der Waals surface area contributed by atoms with Gasteiger partial charge in [0.15, 0.2) is 0 Å². The van der Waals surface area contributed by atoms with E-state index < -0.39 is 0 Å². The number of amides is 1. The van der Waals surface area contributed by atoms with Gasteiger partial charge in [0.1, 0.15) is 0 Å². The lowest BCUT2D eigenvalue weighted by Crippen LogP contribution is -2.45. The number of hydrogen-bond acceptors (Lipinski definition) is 2. The van der Waals surface area contributed by atoms with E-state index in [1.807, 2.05) is 18.2 Å². The predicted molar refractivity (Wildman–Crippen MR) is 96.8 cm³/mol. The minimum absolute atomic E-state index is 0.201. The van der Waals surface area contributed by atoms with E-state index in [0.29, 0.717) is 11.9 Å². The number of nitrogens with one attached hydrogen (secondary N) is 1. The van der Waals surface area contributed by atoms with Crippen LogP contribution in [0.1, 0.15) is 44.1 Å². The molecule has 1 N–H and O–H groups in total. The van der Waals surface area contributed by atoms with E-state index in [1.54, 1.807) is 0 Å². The Morgan fingerprint density at radius 3 is 2.58 bits per heavy atom. The van der Waals surface area contributed by atoms with Crippen LogP contribution >= 0.6 is 11.6 Å². The maximum absolute atomic E-state index is 12.6. The maximum atomic E-state index is 12.6. The van der Waals surface area contributed by atoms with Gasteiger partial charge in [0, 0.05) is 23.5 Å². The molecule has 0 unspecified atom stereocenters. The molecule has 2 aliphatic carbocycles. The summed E-state index contributed by atoms with van der Waals surface area (Å²) in [5.41, 5.74) is 1.18. The Morgan fingerprint density at radius 2 is 1.92 bits per heavy atom. The molecule has 2 bridgehead atoms. The van der Waals surface area contributed by atoms with Crippen molar-refractivity contribution in [2.24, 2.45) is 17.8 Å². The van der Waals surface area contributed by atoms with Crippen LogP contribution in [0.15, 0.2) is 24.3 Å². The molecular formula is C20H27ClN2O. The van der Waals surface area contributed by atoms with Crippen molar-refractivity contribution >= 4 is 17.5 Å². The first-order chi connectivity index (χ1) is 11.7. The van der Waals surface area contributed by atoms with Crippen molar-refractivity contribution in [1.82, 2.24) is 10.2 Å². The highest BCUT2D eigenvalue weighted by Crippen LogP contribution is 2.44. The molecule has 1 aromatic carbocycles. The Balaban J connectivity index is 1.25. The molecule has 0 spiro atoms. The smallest absolute Gasteiger partial charge is 0.223 e. The number of carbonyl (C=O) groups is 1. The van der Waals surface area contributed by atoms with Crippen molar-refractivity contribution in [3.63, 3.8) is 0 Å². The highest BCUT2D eigenvalue weighted by molar-refractivity contribution is 6.31. The quantitative estimate of drug-likeness (QED) is 0.897. The van der Waals surface area contributed by atoms with Gasteiger partial charge in [0.25, 0.3) is 0 Å². The molecule has 3 atom stereocenters. The van der Waals surface area contributed by atoms with Crippen molar-refractivity contribution in [2.75, 3.05) is 13.1 Å². The lowest BCUT2D eigenvalue weighted by molar-refractivity contribution is -0.127. The third kappa shape index (κ3) is 3.48. The summed E-state index contributed by atoms with van der Waals surface area (Å²) in [7, 11) is 0. The zero-order valence-electron chi connectivity index (χ0n) is 14.2. The van der Waals surface area contributed by atoms with Gasteiger partial charge >= 0.3 is 0 Å². The van der Waals surface area contributed by atoms with Gasteiger partial charge in [0.05, 0.1) is 0 Å². The fraction of sp³-hybridized carbons (Fsp3) is 0.650. The summed E-state index contributed by atoms with van der Waals surface area (Å²) in [6.45, 7) is 2.86. The molecule has 1 saturated heterocycles. The van der Waals surface area contributed by atoms with Crippen LogP contribution < -0.4 is 5.32 Å². The molecule has 1 amide bonds. The molecule has 0 aromatic heterocycles. The fourth-order valence-corrected chi connectivity index (χ4v) is 5.14. The molecule has 3 aliphatic rings. The van der Waals surface area contributed by atoms with Crippen molar-refractivity contribution in [2.45, 2.75) is 51.1 Å². The third-order valence-corrected chi connectivity index (χ3v) is 6.74. The summed E-state index contributed by atoms with van der Waals surface area (Å²) in [6.07, 6.45) is 7.22. The Labute approximate surface area is 149 Å². The van der Waals surface area contributed by atoms with Gasteiger partial charge in [-0.15, -0.1) is 0 Å². The molecule has 3 fully saturated rings. The number of rotatable bonds is 4. The summed E-state index contributed by atoms with van der Waals surface area (Å²) < 4.78 is 0. The predicted octanol–water partition coefficient (Wildman–Crippen LogP) is 3.86. The second-order valence-electron chi connectivity index (χ2n) is 7.93. The summed E-state index contributed by atoms with van der Waals surface area (Å²) in [5, 5.41) is 4.22. The SMILES string of the molecule is O=C(N[C@H]1C[C@H]2CC[C@@H]1C2)C1CCN(Cc2ccccc2Cl)CC1. The van der Waals surface area contributed by atoms with Crippen molar-refractivity contribution in [1.29, 1.82) is 0 Å². The number of carbonyl (C=O) groups excluding carboxylic acids is 1. The second-order valence-corrected chi connectivity index (χ2v) is 8.34. The molecule has 1 aliphatic heterocycles. The van der Waals surface area contributed by atoms with Gasteiger partial charge in [-0.05, 0) is 68.7 Å². The molecule has 3 nitrogen and oxygen atoms in total. The molecule has 24 heavy (non-hydrogen) atoms. The zero-order valence-corrected chi connectivity index (χ0v) is 15.0. The monoisotopic (exact) mass is 346 g/mol. The first-order valence-electron chi connectivity index (χ1n) is 9.45. The Hall–Kier alpha value is -1.06. The summed E-state index contributed by atoms with van der Waals surface area (Å²) in [4.78, 5) is 15.0. The van der Waals surface area contributed by atoms with E-state index in [0.717, 1.165) is 49.3 Å². The first-order valence-corrected chi connectivity index (χ1v) is 9.83. The number of piperidine rings is 1. The average molecular weight is 347 g/mol. The van der Waals surface area contributed by atoms with E-state index >= 15 is 0 Å². The molecule has 4 heteroatoms. The van der Waals surface area contributed by atoms with E-state index in [2.05, 4.69) is 16.3 Å². The van der Waals surface area contributed by atoms with E-state index in [1.165, 1.54) is 31.2 Å². The van der Waals surface area contributed by atoms with Crippen LogP contribution in [-0.4, -0.2) is 29.9 Å².